The average molecular weight is 394 g/mol. The van der Waals surface area contributed by atoms with Crippen molar-refractivity contribution in [3.8, 4) is 5.75 Å². The van der Waals surface area contributed by atoms with Crippen molar-refractivity contribution in [1.82, 2.24) is 9.80 Å². The fraction of sp³-hybridized carbons (Fsp3) is 0.458. The Kier molecular flexibility index (Phi) is 5.13. The van der Waals surface area contributed by atoms with Gasteiger partial charge in [0.2, 0.25) is 5.91 Å². The number of carbonyl (C=O) groups excluding carboxylic acids is 1. The third-order valence-electron chi connectivity index (χ3n) is 6.91. The van der Waals surface area contributed by atoms with E-state index >= 15 is 0 Å². The van der Waals surface area contributed by atoms with E-state index in [1.54, 1.807) is 6.07 Å². The molecule has 1 aliphatic carbocycles. The molecule has 2 N–H and O–H groups in total. The number of nitrogens with one attached hydrogen (secondary N) is 1. The molecular weight excluding hydrogens is 362 g/mol. The summed E-state index contributed by atoms with van der Waals surface area (Å²) in [5.74, 6) is 0.322. The Balaban J connectivity index is 1.57. The van der Waals surface area contributed by atoms with Gasteiger partial charge < -0.3 is 15.3 Å². The number of phenolic OH excluding ortho intramolecular Hbond substituents is 1. The number of likely N-dealkylation sites (N-methyl/N-ethyl adjacent to an activating group) is 2. The number of likely N-dealkylation sites (tertiary alicyclic amines) is 1. The average Bonchev–Trinajstić information content (AvgIpc) is 2.67. The van der Waals surface area contributed by atoms with E-state index in [9.17, 15) is 9.90 Å². The Morgan fingerprint density at radius 1 is 1.28 bits per heavy atom. The molecule has 3 atom stereocenters. The molecule has 5 nitrogen and oxygen atoms in total. The lowest BCUT2D eigenvalue weighted by Crippen LogP contribution is -2.67. The summed E-state index contributed by atoms with van der Waals surface area (Å²) in [5, 5.41) is 13.1. The second-order valence-electron chi connectivity index (χ2n) is 9.04. The number of nitrogens with zero attached hydrogens (tertiary/aromatic N) is 2. The second kappa shape index (κ2) is 7.47. The van der Waals surface area contributed by atoms with Crippen LogP contribution in [-0.4, -0.2) is 60.1 Å². The first-order chi connectivity index (χ1) is 13.8. The van der Waals surface area contributed by atoms with Gasteiger partial charge in [-0.15, -0.1) is 0 Å². The van der Waals surface area contributed by atoms with Crippen LogP contribution < -0.4 is 5.32 Å². The summed E-state index contributed by atoms with van der Waals surface area (Å²) in [6, 6.07) is 14.2. The van der Waals surface area contributed by atoms with Crippen LogP contribution in [0.25, 0.3) is 0 Å². The van der Waals surface area contributed by atoms with Crippen LogP contribution >= 0.6 is 0 Å². The maximum absolute atomic E-state index is 12.7. The molecular formula is C24H31N3O2. The molecule has 0 radical (unpaired) electrons. The van der Waals surface area contributed by atoms with E-state index in [2.05, 4.69) is 42.2 Å². The van der Waals surface area contributed by atoms with Gasteiger partial charge in [0.25, 0.3) is 0 Å². The van der Waals surface area contributed by atoms with Crippen LogP contribution in [0.5, 0.6) is 5.75 Å². The molecule has 29 heavy (non-hydrogen) atoms. The van der Waals surface area contributed by atoms with Crippen molar-refractivity contribution in [3.63, 3.8) is 0 Å². The van der Waals surface area contributed by atoms with Crippen LogP contribution in [-0.2, 0) is 16.6 Å². The Hall–Kier alpha value is -2.37. The van der Waals surface area contributed by atoms with Crippen molar-refractivity contribution in [2.45, 2.75) is 44.2 Å². The number of rotatable bonds is 4. The summed E-state index contributed by atoms with van der Waals surface area (Å²) >= 11 is 0. The second-order valence-corrected chi connectivity index (χ2v) is 9.04. The molecule has 0 spiro atoms. The fourth-order valence-electron chi connectivity index (χ4n) is 5.39. The summed E-state index contributed by atoms with van der Waals surface area (Å²) in [6.45, 7) is 5.69. The highest BCUT2D eigenvalue weighted by Crippen LogP contribution is 2.47. The van der Waals surface area contributed by atoms with Crippen LogP contribution in [0.3, 0.4) is 0 Å². The highest BCUT2D eigenvalue weighted by molar-refractivity contribution is 5.92. The van der Waals surface area contributed by atoms with Crippen molar-refractivity contribution >= 4 is 11.6 Å². The van der Waals surface area contributed by atoms with Gasteiger partial charge in [-0.25, -0.2) is 0 Å². The van der Waals surface area contributed by atoms with Crippen LogP contribution in [0.1, 0.15) is 30.0 Å². The predicted octanol–water partition coefficient (Wildman–Crippen LogP) is 3.16. The molecule has 0 unspecified atom stereocenters. The smallest absolute Gasteiger partial charge is 0.238 e. The monoisotopic (exact) mass is 393 g/mol. The number of phenols is 1. The van der Waals surface area contributed by atoms with Crippen molar-refractivity contribution < 1.29 is 9.90 Å². The first kappa shape index (κ1) is 19.9. The Bertz CT molecular complexity index is 911. The highest BCUT2D eigenvalue weighted by atomic mass is 16.3. The molecule has 2 aromatic carbocycles. The number of anilines is 1. The lowest BCUT2D eigenvalue weighted by atomic mass is 9.61. The van der Waals surface area contributed by atoms with Gasteiger partial charge in [-0.1, -0.05) is 30.7 Å². The number of hydrogen-bond acceptors (Lipinski definition) is 4. The summed E-state index contributed by atoms with van der Waals surface area (Å²) < 4.78 is 0. The number of fused-ring (bicyclic) bond motifs is 4. The van der Waals surface area contributed by atoms with Gasteiger partial charge in [0.1, 0.15) is 5.75 Å². The zero-order valence-corrected chi connectivity index (χ0v) is 17.8. The van der Waals surface area contributed by atoms with Gasteiger partial charge in [-0.05, 0) is 75.8 Å². The number of amides is 1. The molecule has 4 rings (SSSR count). The predicted molar refractivity (Wildman–Crippen MR) is 116 cm³/mol. The molecule has 1 amide bonds. The highest BCUT2D eigenvalue weighted by Gasteiger charge is 2.51. The van der Waals surface area contributed by atoms with Gasteiger partial charge in [0.05, 0.1) is 6.54 Å². The number of benzene rings is 2. The molecule has 2 aliphatic rings. The van der Waals surface area contributed by atoms with Crippen molar-refractivity contribution in [3.05, 3.63) is 59.2 Å². The van der Waals surface area contributed by atoms with E-state index in [1.807, 2.05) is 37.3 Å². The molecule has 0 saturated carbocycles. The maximum Gasteiger partial charge on any atom is 0.238 e. The summed E-state index contributed by atoms with van der Waals surface area (Å²) in [6.07, 6.45) is 1.95. The minimum Gasteiger partial charge on any atom is -0.508 e. The van der Waals surface area contributed by atoms with Crippen molar-refractivity contribution in [2.75, 3.05) is 32.5 Å². The lowest BCUT2D eigenvalue weighted by Gasteiger charge is -2.57. The van der Waals surface area contributed by atoms with E-state index in [4.69, 9.17) is 0 Å². The van der Waals surface area contributed by atoms with Crippen molar-refractivity contribution in [2.24, 2.45) is 0 Å². The SMILES string of the molecule is Cc1ccc(NC(=O)CN(C)[C@H]2[C@H]3Cc4ccc(O)cc4[C@@]2(C)CCN3C)cc1. The fourth-order valence-corrected chi connectivity index (χ4v) is 5.39. The first-order valence-electron chi connectivity index (χ1n) is 10.4. The number of hydrogen-bond donors (Lipinski definition) is 2. The first-order valence-corrected chi connectivity index (χ1v) is 10.4. The van der Waals surface area contributed by atoms with E-state index in [-0.39, 0.29) is 17.4 Å². The van der Waals surface area contributed by atoms with Gasteiger partial charge in [0.15, 0.2) is 0 Å². The molecule has 1 saturated heterocycles. The third kappa shape index (κ3) is 3.65. The molecule has 154 valence electrons. The molecule has 5 heteroatoms. The minimum absolute atomic E-state index is 0.00221. The number of aromatic hydroxyl groups is 1. The summed E-state index contributed by atoms with van der Waals surface area (Å²) in [4.78, 5) is 17.4. The standard InChI is InChI=1S/C24H31N3O2/c1-16-5-8-18(9-6-16)25-22(29)15-27(4)23-21-13-17-7-10-19(28)14-20(17)24(23,2)11-12-26(21)3/h5-10,14,21,23,28H,11-13,15H2,1-4H3,(H,25,29)/t21-,23+,24-/m1/s1. The molecule has 0 aromatic heterocycles. The van der Waals surface area contributed by atoms with E-state index < -0.39 is 0 Å². The molecule has 2 bridgehead atoms. The zero-order chi connectivity index (χ0) is 20.8. The summed E-state index contributed by atoms with van der Waals surface area (Å²) in [7, 11) is 4.24. The Morgan fingerprint density at radius 3 is 2.72 bits per heavy atom. The Labute approximate surface area is 173 Å². The van der Waals surface area contributed by atoms with Gasteiger partial charge in [0, 0.05) is 23.2 Å². The zero-order valence-electron chi connectivity index (χ0n) is 17.8. The quantitative estimate of drug-likeness (QED) is 0.838. The maximum atomic E-state index is 12.7. The van der Waals surface area contributed by atoms with E-state index in [0.29, 0.717) is 18.3 Å². The van der Waals surface area contributed by atoms with Gasteiger partial charge in [-0.2, -0.15) is 0 Å². The molecule has 1 aliphatic heterocycles. The van der Waals surface area contributed by atoms with Crippen LogP contribution in [0.15, 0.2) is 42.5 Å². The molecule has 1 heterocycles. The third-order valence-corrected chi connectivity index (χ3v) is 6.91. The Morgan fingerprint density at radius 2 is 2.00 bits per heavy atom. The van der Waals surface area contributed by atoms with Crippen LogP contribution in [0.2, 0.25) is 0 Å². The van der Waals surface area contributed by atoms with Crippen LogP contribution in [0, 0.1) is 6.92 Å². The lowest BCUT2D eigenvalue weighted by molar-refractivity contribution is -0.118. The minimum atomic E-state index is -0.0949. The van der Waals surface area contributed by atoms with E-state index in [0.717, 1.165) is 25.1 Å². The number of aryl methyl sites for hydroxylation is 1. The van der Waals surface area contributed by atoms with E-state index in [1.165, 1.54) is 16.7 Å². The summed E-state index contributed by atoms with van der Waals surface area (Å²) in [5.41, 5.74) is 4.46. The topological polar surface area (TPSA) is 55.8 Å². The van der Waals surface area contributed by atoms with Gasteiger partial charge in [-0.3, -0.25) is 9.69 Å². The largest absolute Gasteiger partial charge is 0.508 e. The molecule has 1 fully saturated rings. The normalized spacial score (nSPS) is 26.2. The number of piperidine rings is 1. The van der Waals surface area contributed by atoms with Crippen molar-refractivity contribution in [1.29, 1.82) is 0 Å². The van der Waals surface area contributed by atoms with Gasteiger partial charge >= 0.3 is 0 Å². The van der Waals surface area contributed by atoms with Crippen LogP contribution in [0.4, 0.5) is 5.69 Å². The molecule has 2 aromatic rings. The number of carbonyl (C=O) groups is 1.